The fourth-order valence-electron chi connectivity index (χ4n) is 3.65. The van der Waals surface area contributed by atoms with Crippen LogP contribution in [0, 0.1) is 5.92 Å². The van der Waals surface area contributed by atoms with E-state index in [1.165, 1.54) is 36.0 Å². The minimum atomic E-state index is -0.822. The Balaban J connectivity index is 2.24. The zero-order valence-electron chi connectivity index (χ0n) is 14.2. The van der Waals surface area contributed by atoms with Gasteiger partial charge in [0.05, 0.1) is 5.56 Å². The van der Waals surface area contributed by atoms with Crippen LogP contribution in [0.3, 0.4) is 0 Å². The molecule has 3 atom stereocenters. The summed E-state index contributed by atoms with van der Waals surface area (Å²) in [7, 11) is 0. The van der Waals surface area contributed by atoms with Gasteiger partial charge in [0.15, 0.2) is 0 Å². The van der Waals surface area contributed by atoms with E-state index in [1.54, 1.807) is 6.07 Å². The molecule has 22 heavy (non-hydrogen) atoms. The molecular weight excluding hydrogens is 272 g/mol. The van der Waals surface area contributed by atoms with Gasteiger partial charge in [-0.1, -0.05) is 31.6 Å². The standard InChI is InChI=1S/C20H28O2/c1-13(2)6-5-7-14(3)17-10-8-15(4)18-11-9-16(20(21)22)12-19(17)18/h6,9,11-12,14-15,17H,5,7-8,10H2,1-4H3,(H,21,22). The molecule has 0 saturated carbocycles. The van der Waals surface area contributed by atoms with E-state index in [9.17, 15) is 9.90 Å². The first-order chi connectivity index (χ1) is 10.4. The van der Waals surface area contributed by atoms with Crippen molar-refractivity contribution in [1.29, 1.82) is 0 Å². The summed E-state index contributed by atoms with van der Waals surface area (Å²) in [5.74, 6) is 0.804. The molecule has 1 aliphatic carbocycles. The van der Waals surface area contributed by atoms with Crippen LogP contribution >= 0.6 is 0 Å². The third-order valence-corrected chi connectivity index (χ3v) is 5.04. The van der Waals surface area contributed by atoms with Gasteiger partial charge in [-0.15, -0.1) is 0 Å². The molecule has 0 bridgehead atoms. The molecule has 1 aromatic carbocycles. The lowest BCUT2D eigenvalue weighted by molar-refractivity contribution is 0.0696. The van der Waals surface area contributed by atoms with Crippen molar-refractivity contribution in [2.24, 2.45) is 5.92 Å². The Hall–Kier alpha value is -1.57. The molecule has 0 aromatic heterocycles. The number of carboxylic acids is 1. The van der Waals surface area contributed by atoms with Gasteiger partial charge in [0.2, 0.25) is 0 Å². The third kappa shape index (κ3) is 3.79. The van der Waals surface area contributed by atoms with E-state index in [0.29, 0.717) is 23.3 Å². The summed E-state index contributed by atoms with van der Waals surface area (Å²) in [4.78, 5) is 11.3. The highest BCUT2D eigenvalue weighted by Crippen LogP contribution is 2.43. The topological polar surface area (TPSA) is 37.3 Å². The van der Waals surface area contributed by atoms with Crippen LogP contribution in [0.2, 0.25) is 0 Å². The molecule has 0 spiro atoms. The highest BCUT2D eigenvalue weighted by Gasteiger charge is 2.29. The Morgan fingerprint density at radius 3 is 2.68 bits per heavy atom. The Kier molecular flexibility index (Phi) is 5.44. The third-order valence-electron chi connectivity index (χ3n) is 5.04. The van der Waals surface area contributed by atoms with Crippen LogP contribution in [0.15, 0.2) is 29.8 Å². The van der Waals surface area contributed by atoms with Gasteiger partial charge in [-0.25, -0.2) is 4.79 Å². The summed E-state index contributed by atoms with van der Waals surface area (Å²) in [5, 5.41) is 9.27. The quantitative estimate of drug-likeness (QED) is 0.703. The monoisotopic (exact) mass is 300 g/mol. The molecule has 1 N–H and O–H groups in total. The van der Waals surface area contributed by atoms with E-state index in [0.717, 1.165) is 6.42 Å². The molecule has 0 radical (unpaired) electrons. The van der Waals surface area contributed by atoms with Crippen molar-refractivity contribution in [3.8, 4) is 0 Å². The predicted octanol–water partition coefficient (Wildman–Crippen LogP) is 5.75. The second kappa shape index (κ2) is 7.13. The Morgan fingerprint density at radius 2 is 2.05 bits per heavy atom. The lowest BCUT2D eigenvalue weighted by atomic mass is 9.71. The van der Waals surface area contributed by atoms with E-state index in [1.807, 2.05) is 12.1 Å². The summed E-state index contributed by atoms with van der Waals surface area (Å²) in [6.07, 6.45) is 6.96. The van der Waals surface area contributed by atoms with E-state index < -0.39 is 5.97 Å². The van der Waals surface area contributed by atoms with Crippen LogP contribution in [-0.2, 0) is 0 Å². The summed E-state index contributed by atoms with van der Waals surface area (Å²) in [6.45, 7) is 8.85. The van der Waals surface area contributed by atoms with Crippen LogP contribution in [-0.4, -0.2) is 11.1 Å². The van der Waals surface area contributed by atoms with Crippen molar-refractivity contribution in [1.82, 2.24) is 0 Å². The second-order valence-electron chi connectivity index (χ2n) is 7.07. The van der Waals surface area contributed by atoms with Gasteiger partial charge in [0.25, 0.3) is 0 Å². The summed E-state index contributed by atoms with van der Waals surface area (Å²) in [5.41, 5.74) is 4.44. The number of aromatic carboxylic acids is 1. The van der Waals surface area contributed by atoms with E-state index in [2.05, 4.69) is 33.8 Å². The first-order valence-electron chi connectivity index (χ1n) is 8.40. The fraction of sp³-hybridized carbons (Fsp3) is 0.550. The molecule has 2 rings (SSSR count). The van der Waals surface area contributed by atoms with Crippen LogP contribution in [0.25, 0.3) is 0 Å². The van der Waals surface area contributed by atoms with Gasteiger partial charge in [-0.05, 0) is 80.5 Å². The second-order valence-corrected chi connectivity index (χ2v) is 7.07. The lowest BCUT2D eigenvalue weighted by Crippen LogP contribution is -2.19. The van der Waals surface area contributed by atoms with Crippen molar-refractivity contribution in [3.63, 3.8) is 0 Å². The van der Waals surface area contributed by atoms with Crippen molar-refractivity contribution in [2.45, 2.75) is 65.2 Å². The molecular formula is C20H28O2. The molecule has 120 valence electrons. The van der Waals surface area contributed by atoms with Crippen LogP contribution in [0.5, 0.6) is 0 Å². The Morgan fingerprint density at radius 1 is 1.32 bits per heavy atom. The van der Waals surface area contributed by atoms with Crippen molar-refractivity contribution >= 4 is 5.97 Å². The minimum absolute atomic E-state index is 0.425. The van der Waals surface area contributed by atoms with Gasteiger partial charge in [-0.3, -0.25) is 0 Å². The number of hydrogen-bond acceptors (Lipinski definition) is 1. The van der Waals surface area contributed by atoms with Crippen LogP contribution in [0.4, 0.5) is 0 Å². The molecule has 0 amide bonds. The molecule has 0 heterocycles. The fourth-order valence-corrected chi connectivity index (χ4v) is 3.65. The summed E-state index contributed by atoms with van der Waals surface area (Å²) < 4.78 is 0. The lowest BCUT2D eigenvalue weighted by Gasteiger charge is -2.34. The van der Waals surface area contributed by atoms with E-state index in [4.69, 9.17) is 0 Å². The van der Waals surface area contributed by atoms with Gasteiger partial charge >= 0.3 is 5.97 Å². The van der Waals surface area contributed by atoms with Gasteiger partial charge in [0.1, 0.15) is 0 Å². The maximum absolute atomic E-state index is 11.3. The number of benzene rings is 1. The largest absolute Gasteiger partial charge is 0.478 e. The van der Waals surface area contributed by atoms with Crippen molar-refractivity contribution in [2.75, 3.05) is 0 Å². The average Bonchev–Trinajstić information content (AvgIpc) is 2.46. The average molecular weight is 300 g/mol. The van der Waals surface area contributed by atoms with Gasteiger partial charge in [0, 0.05) is 0 Å². The predicted molar refractivity (Wildman–Crippen MR) is 91.6 cm³/mol. The minimum Gasteiger partial charge on any atom is -0.478 e. The molecule has 0 saturated heterocycles. The Bertz CT molecular complexity index is 567. The molecule has 1 aliphatic rings. The maximum atomic E-state index is 11.3. The molecule has 3 unspecified atom stereocenters. The van der Waals surface area contributed by atoms with Crippen molar-refractivity contribution in [3.05, 3.63) is 46.5 Å². The first-order valence-corrected chi connectivity index (χ1v) is 8.40. The van der Waals surface area contributed by atoms with E-state index in [-0.39, 0.29) is 0 Å². The first kappa shape index (κ1) is 16.8. The van der Waals surface area contributed by atoms with Crippen molar-refractivity contribution < 1.29 is 9.90 Å². The van der Waals surface area contributed by atoms with Crippen LogP contribution in [0.1, 0.15) is 86.7 Å². The number of carboxylic acid groups (broad SMARTS) is 1. The normalized spacial score (nSPS) is 21.8. The number of hydrogen-bond donors (Lipinski definition) is 1. The number of allylic oxidation sites excluding steroid dienone is 2. The number of rotatable bonds is 5. The smallest absolute Gasteiger partial charge is 0.335 e. The Labute approximate surface area is 134 Å². The molecule has 2 nitrogen and oxygen atoms in total. The number of fused-ring (bicyclic) bond motifs is 1. The number of carbonyl (C=O) groups is 1. The summed E-state index contributed by atoms with van der Waals surface area (Å²) in [6, 6.07) is 5.72. The molecule has 2 heteroatoms. The SMILES string of the molecule is CC(C)=CCCC(C)C1CCC(C)c2ccc(C(=O)O)cc21. The van der Waals surface area contributed by atoms with Gasteiger partial charge in [-0.2, -0.15) is 0 Å². The highest BCUT2D eigenvalue weighted by atomic mass is 16.4. The zero-order valence-corrected chi connectivity index (χ0v) is 14.2. The summed E-state index contributed by atoms with van der Waals surface area (Å²) >= 11 is 0. The zero-order chi connectivity index (χ0) is 16.3. The maximum Gasteiger partial charge on any atom is 0.335 e. The van der Waals surface area contributed by atoms with Gasteiger partial charge < -0.3 is 5.11 Å². The highest BCUT2D eigenvalue weighted by molar-refractivity contribution is 5.88. The molecule has 0 aliphatic heterocycles. The van der Waals surface area contributed by atoms with E-state index >= 15 is 0 Å². The molecule has 0 fully saturated rings. The molecule has 1 aromatic rings. The van der Waals surface area contributed by atoms with Crippen LogP contribution < -0.4 is 0 Å².